The molecule has 0 aliphatic heterocycles. The Morgan fingerprint density at radius 2 is 1.90 bits per heavy atom. The van der Waals surface area contributed by atoms with E-state index in [1.807, 2.05) is 6.92 Å². The summed E-state index contributed by atoms with van der Waals surface area (Å²) < 4.78 is 26.9. The molecule has 0 bridgehead atoms. The molecular weight excluding hydrogens is 264 g/mol. The van der Waals surface area contributed by atoms with E-state index in [1.165, 1.54) is 17.9 Å². The van der Waals surface area contributed by atoms with E-state index in [9.17, 15) is 13.6 Å². The Balaban J connectivity index is 2.91. The van der Waals surface area contributed by atoms with Crippen molar-refractivity contribution >= 4 is 5.91 Å². The van der Waals surface area contributed by atoms with E-state index < -0.39 is 17.5 Å². The Bertz CT molecular complexity index is 463. The van der Waals surface area contributed by atoms with Gasteiger partial charge in [0.2, 0.25) is 0 Å². The molecule has 5 heteroatoms. The maximum absolute atomic E-state index is 13.7. The minimum atomic E-state index is -0.864. The predicted octanol–water partition coefficient (Wildman–Crippen LogP) is 2.90. The smallest absolute Gasteiger partial charge is 0.256 e. The number of aliphatic hydroxyl groups is 1. The summed E-state index contributed by atoms with van der Waals surface area (Å²) in [6.07, 6.45) is 2.76. The number of benzene rings is 1. The average molecular weight is 285 g/mol. The standard InChI is InChI=1S/C15H21F2NO2/c1-3-4-5-6-18(7-8-19)15(20)12-9-11(2)13(16)10-14(12)17/h9-10,19H,3-8H2,1-2H3. The van der Waals surface area contributed by atoms with Crippen LogP contribution < -0.4 is 0 Å². The molecule has 112 valence electrons. The zero-order valence-corrected chi connectivity index (χ0v) is 12.0. The summed E-state index contributed by atoms with van der Waals surface area (Å²) in [5.41, 5.74) is 0.0844. The largest absolute Gasteiger partial charge is 0.395 e. The normalized spacial score (nSPS) is 10.7. The molecule has 0 spiro atoms. The van der Waals surface area contributed by atoms with Gasteiger partial charge >= 0.3 is 0 Å². The van der Waals surface area contributed by atoms with Crippen molar-refractivity contribution in [2.75, 3.05) is 19.7 Å². The quantitative estimate of drug-likeness (QED) is 0.783. The summed E-state index contributed by atoms with van der Waals surface area (Å²) in [6, 6.07) is 1.95. The Morgan fingerprint density at radius 1 is 1.20 bits per heavy atom. The molecule has 1 aromatic carbocycles. The first-order valence-electron chi connectivity index (χ1n) is 6.87. The summed E-state index contributed by atoms with van der Waals surface area (Å²) in [4.78, 5) is 13.7. The van der Waals surface area contributed by atoms with Crippen molar-refractivity contribution in [3.8, 4) is 0 Å². The lowest BCUT2D eigenvalue weighted by Crippen LogP contribution is -2.35. The SMILES string of the molecule is CCCCCN(CCO)C(=O)c1cc(C)c(F)cc1F. The minimum Gasteiger partial charge on any atom is -0.395 e. The molecule has 0 aromatic heterocycles. The van der Waals surface area contributed by atoms with Gasteiger partial charge in [0.05, 0.1) is 12.2 Å². The highest BCUT2D eigenvalue weighted by atomic mass is 19.1. The van der Waals surface area contributed by atoms with Crippen LogP contribution >= 0.6 is 0 Å². The number of nitrogens with zero attached hydrogens (tertiary/aromatic N) is 1. The van der Waals surface area contributed by atoms with Crippen LogP contribution in [0, 0.1) is 18.6 Å². The first-order chi connectivity index (χ1) is 9.51. The van der Waals surface area contributed by atoms with Crippen molar-refractivity contribution in [3.63, 3.8) is 0 Å². The second-order valence-corrected chi connectivity index (χ2v) is 4.80. The summed E-state index contributed by atoms with van der Waals surface area (Å²) >= 11 is 0. The van der Waals surface area contributed by atoms with Gasteiger partial charge in [-0.05, 0) is 25.0 Å². The van der Waals surface area contributed by atoms with Crippen LogP contribution in [0.15, 0.2) is 12.1 Å². The zero-order chi connectivity index (χ0) is 15.1. The lowest BCUT2D eigenvalue weighted by atomic mass is 10.1. The number of hydrogen-bond donors (Lipinski definition) is 1. The number of aryl methyl sites for hydroxylation is 1. The number of amides is 1. The van der Waals surface area contributed by atoms with Crippen molar-refractivity contribution in [1.29, 1.82) is 0 Å². The van der Waals surface area contributed by atoms with Crippen LogP contribution in [-0.4, -0.2) is 35.6 Å². The van der Waals surface area contributed by atoms with E-state index in [0.717, 1.165) is 25.3 Å². The molecule has 1 rings (SSSR count). The number of aliphatic hydroxyl groups excluding tert-OH is 1. The van der Waals surface area contributed by atoms with Crippen LogP contribution in [0.1, 0.15) is 42.1 Å². The molecule has 1 N–H and O–H groups in total. The van der Waals surface area contributed by atoms with E-state index in [1.54, 1.807) is 0 Å². The maximum atomic E-state index is 13.7. The van der Waals surface area contributed by atoms with Crippen LogP contribution in [-0.2, 0) is 0 Å². The third-order valence-corrected chi connectivity index (χ3v) is 3.17. The Hall–Kier alpha value is -1.49. The molecule has 0 aliphatic rings. The fraction of sp³-hybridized carbons (Fsp3) is 0.533. The van der Waals surface area contributed by atoms with Crippen LogP contribution in [0.25, 0.3) is 0 Å². The van der Waals surface area contributed by atoms with Gasteiger partial charge in [-0.15, -0.1) is 0 Å². The van der Waals surface area contributed by atoms with Gasteiger partial charge in [0.25, 0.3) is 5.91 Å². The van der Waals surface area contributed by atoms with Crippen LogP contribution in [0.5, 0.6) is 0 Å². The van der Waals surface area contributed by atoms with E-state index in [-0.39, 0.29) is 24.3 Å². The number of hydrogen-bond acceptors (Lipinski definition) is 2. The van der Waals surface area contributed by atoms with E-state index in [4.69, 9.17) is 5.11 Å². The van der Waals surface area contributed by atoms with Crippen molar-refractivity contribution in [2.24, 2.45) is 0 Å². The molecule has 1 amide bonds. The average Bonchev–Trinajstić information content (AvgIpc) is 2.41. The van der Waals surface area contributed by atoms with Crippen molar-refractivity contribution in [1.82, 2.24) is 4.90 Å². The second-order valence-electron chi connectivity index (χ2n) is 4.80. The number of halogens is 2. The first-order valence-corrected chi connectivity index (χ1v) is 6.87. The lowest BCUT2D eigenvalue weighted by Gasteiger charge is -2.22. The van der Waals surface area contributed by atoms with Gasteiger partial charge in [-0.3, -0.25) is 4.79 Å². The summed E-state index contributed by atoms with van der Waals surface area (Å²) in [5, 5.41) is 9.01. The van der Waals surface area contributed by atoms with Gasteiger partial charge in [0.15, 0.2) is 0 Å². The van der Waals surface area contributed by atoms with E-state index in [2.05, 4.69) is 0 Å². The predicted molar refractivity (Wildman–Crippen MR) is 73.6 cm³/mol. The van der Waals surface area contributed by atoms with E-state index in [0.29, 0.717) is 6.54 Å². The minimum absolute atomic E-state index is 0.145. The molecule has 1 aromatic rings. The number of carbonyl (C=O) groups excluding carboxylic acids is 1. The topological polar surface area (TPSA) is 40.5 Å². The Morgan fingerprint density at radius 3 is 2.50 bits per heavy atom. The van der Waals surface area contributed by atoms with Crippen molar-refractivity contribution < 1.29 is 18.7 Å². The van der Waals surface area contributed by atoms with Crippen LogP contribution in [0.3, 0.4) is 0 Å². The van der Waals surface area contributed by atoms with Crippen molar-refractivity contribution in [2.45, 2.75) is 33.1 Å². The fourth-order valence-corrected chi connectivity index (χ4v) is 1.98. The summed E-state index contributed by atoms with van der Waals surface area (Å²) in [6.45, 7) is 3.96. The summed E-state index contributed by atoms with van der Waals surface area (Å²) in [7, 11) is 0. The van der Waals surface area contributed by atoms with Crippen LogP contribution in [0.4, 0.5) is 8.78 Å². The monoisotopic (exact) mass is 285 g/mol. The Kier molecular flexibility index (Phi) is 6.58. The molecule has 0 unspecified atom stereocenters. The highest BCUT2D eigenvalue weighted by molar-refractivity contribution is 5.94. The van der Waals surface area contributed by atoms with E-state index >= 15 is 0 Å². The van der Waals surface area contributed by atoms with Gasteiger partial charge < -0.3 is 10.0 Å². The van der Waals surface area contributed by atoms with Gasteiger partial charge in [-0.1, -0.05) is 19.8 Å². The lowest BCUT2D eigenvalue weighted by molar-refractivity contribution is 0.0713. The first kappa shape index (κ1) is 16.6. The van der Waals surface area contributed by atoms with Gasteiger partial charge in [-0.25, -0.2) is 8.78 Å². The van der Waals surface area contributed by atoms with Gasteiger partial charge in [-0.2, -0.15) is 0 Å². The number of carbonyl (C=O) groups is 1. The summed E-state index contributed by atoms with van der Waals surface area (Å²) in [5.74, 6) is -2.04. The molecule has 20 heavy (non-hydrogen) atoms. The third kappa shape index (κ3) is 4.27. The molecule has 0 radical (unpaired) electrons. The molecule has 3 nitrogen and oxygen atoms in total. The second kappa shape index (κ2) is 7.94. The molecule has 0 fully saturated rings. The zero-order valence-electron chi connectivity index (χ0n) is 12.0. The molecular formula is C15H21F2NO2. The fourth-order valence-electron chi connectivity index (χ4n) is 1.98. The molecule has 0 heterocycles. The molecule has 0 saturated carbocycles. The number of unbranched alkanes of at least 4 members (excludes halogenated alkanes) is 2. The number of rotatable bonds is 7. The molecule has 0 aliphatic carbocycles. The van der Waals surface area contributed by atoms with Crippen molar-refractivity contribution in [3.05, 3.63) is 34.9 Å². The Labute approximate surface area is 118 Å². The highest BCUT2D eigenvalue weighted by Gasteiger charge is 2.20. The highest BCUT2D eigenvalue weighted by Crippen LogP contribution is 2.16. The third-order valence-electron chi connectivity index (χ3n) is 3.17. The van der Waals surface area contributed by atoms with Crippen LogP contribution in [0.2, 0.25) is 0 Å². The van der Waals surface area contributed by atoms with Gasteiger partial charge in [0, 0.05) is 19.2 Å². The van der Waals surface area contributed by atoms with Gasteiger partial charge in [0.1, 0.15) is 11.6 Å². The maximum Gasteiger partial charge on any atom is 0.256 e. The molecule has 0 atom stereocenters. The molecule has 0 saturated heterocycles.